The number of unbranched alkanes of at least 4 members (excludes halogenated alkanes) is 18. The predicted molar refractivity (Wildman–Crippen MR) is 205 cm³/mol. The average Bonchev–Trinajstić information content (AvgIpc) is 3.84. The normalized spacial score (nSPS) is 13.6. The molecular weight excluding hydrogens is 691 g/mol. The molecule has 4 aromatic heterocycles. The molecule has 4 nitrogen and oxygen atoms in total. The first kappa shape index (κ1) is 35.9. The quantitative estimate of drug-likeness (QED) is 0.0710. The fraction of sp³-hybridized carbons (Fsp3) is 0.658. The second-order valence-corrected chi connectivity index (χ2v) is 16.7. The van der Waals surface area contributed by atoms with Gasteiger partial charge in [0.15, 0.2) is 0 Å². The van der Waals surface area contributed by atoms with Gasteiger partial charge in [-0.15, -0.1) is 22.7 Å². The maximum absolute atomic E-state index is 7.16. The van der Waals surface area contributed by atoms with Gasteiger partial charge in [-0.2, -0.15) is 8.75 Å². The summed E-state index contributed by atoms with van der Waals surface area (Å²) in [6.07, 6.45) is 31.1. The van der Waals surface area contributed by atoms with E-state index in [1.54, 1.807) is 11.3 Å². The molecule has 5 heterocycles. The summed E-state index contributed by atoms with van der Waals surface area (Å²) in [7, 11) is 0. The van der Waals surface area contributed by atoms with E-state index in [1.807, 2.05) is 17.5 Å². The molecule has 0 bridgehead atoms. The van der Waals surface area contributed by atoms with Crippen LogP contribution in [0.4, 0.5) is 0 Å². The number of nitrogens with zero attached hydrogens (tertiary/aromatic N) is 3. The minimum Gasteiger partial charge on any atom is -0.481 e. The number of hydrogen-bond acceptors (Lipinski definition) is 7. The Morgan fingerprint density at radius 3 is 1.83 bits per heavy atom. The summed E-state index contributed by atoms with van der Waals surface area (Å²) >= 11 is 8.56. The summed E-state index contributed by atoms with van der Waals surface area (Å²) in [4.78, 5) is 8.70. The molecule has 0 unspecified atom stereocenters. The Morgan fingerprint density at radius 2 is 1.24 bits per heavy atom. The number of rotatable bonds is 23. The molecule has 0 amide bonds. The van der Waals surface area contributed by atoms with Gasteiger partial charge in [0.25, 0.3) is 0 Å². The highest BCUT2D eigenvalue weighted by molar-refractivity contribution is 9.10. The first-order valence-corrected chi connectivity index (χ1v) is 21.6. The van der Waals surface area contributed by atoms with E-state index >= 15 is 0 Å². The van der Waals surface area contributed by atoms with Crippen molar-refractivity contribution in [1.29, 1.82) is 0 Å². The molecule has 0 saturated heterocycles. The second kappa shape index (κ2) is 19.0. The standard InChI is InChI=1S/C38H54BrN3OS3/c1-3-5-7-9-11-13-15-17-19-21-24-38(25-22-20-18-16-14-12-10-8-6-4-2)29-27-32(45-36(29)37-31(43-38)23-26-44-37)34-35-33(41-46-42-35)30(39)28-40-34/h23,26-28H,3-22,24-25H2,1-2H3. The molecule has 0 N–H and O–H groups in total. The zero-order valence-corrected chi connectivity index (χ0v) is 32.3. The van der Waals surface area contributed by atoms with E-state index in [9.17, 15) is 0 Å². The number of aromatic nitrogens is 3. The van der Waals surface area contributed by atoms with Crippen LogP contribution in [0.2, 0.25) is 0 Å². The third-order valence-electron chi connectivity index (χ3n) is 9.71. The molecule has 5 rings (SSSR count). The molecule has 0 radical (unpaired) electrons. The number of fused-ring (bicyclic) bond motifs is 4. The topological polar surface area (TPSA) is 47.9 Å². The molecule has 46 heavy (non-hydrogen) atoms. The van der Waals surface area contributed by atoms with Crippen molar-refractivity contribution >= 4 is 61.4 Å². The van der Waals surface area contributed by atoms with Crippen LogP contribution in [0.1, 0.15) is 161 Å². The molecule has 4 aromatic rings. The van der Waals surface area contributed by atoms with Crippen LogP contribution >= 0.6 is 50.3 Å². The average molecular weight is 745 g/mol. The lowest BCUT2D eigenvalue weighted by atomic mass is 9.81. The Labute approximate surface area is 298 Å². The van der Waals surface area contributed by atoms with E-state index in [4.69, 9.17) is 9.72 Å². The van der Waals surface area contributed by atoms with Crippen LogP contribution in [-0.4, -0.2) is 13.7 Å². The Bertz CT molecular complexity index is 1440. The van der Waals surface area contributed by atoms with Crippen LogP contribution in [0.25, 0.3) is 31.4 Å². The van der Waals surface area contributed by atoms with E-state index in [0.717, 1.165) is 39.8 Å². The number of hydrogen-bond donors (Lipinski definition) is 0. The van der Waals surface area contributed by atoms with Gasteiger partial charge in [-0.3, -0.25) is 4.98 Å². The smallest absolute Gasteiger partial charge is 0.140 e. The maximum atomic E-state index is 7.16. The van der Waals surface area contributed by atoms with E-state index in [2.05, 4.69) is 56.0 Å². The summed E-state index contributed by atoms with van der Waals surface area (Å²) in [6, 6.07) is 4.61. The highest BCUT2D eigenvalue weighted by Gasteiger charge is 2.42. The zero-order valence-electron chi connectivity index (χ0n) is 28.2. The summed E-state index contributed by atoms with van der Waals surface area (Å²) in [5.74, 6) is 1.08. The lowest BCUT2D eigenvalue weighted by Crippen LogP contribution is -2.35. The highest BCUT2D eigenvalue weighted by Crippen LogP contribution is 2.56. The fourth-order valence-electron chi connectivity index (χ4n) is 7.04. The van der Waals surface area contributed by atoms with Crippen molar-refractivity contribution < 1.29 is 4.74 Å². The minimum atomic E-state index is -0.271. The lowest BCUT2D eigenvalue weighted by Gasteiger charge is -2.38. The summed E-state index contributed by atoms with van der Waals surface area (Å²) in [6.45, 7) is 4.60. The van der Waals surface area contributed by atoms with Gasteiger partial charge in [-0.05, 0) is 59.1 Å². The zero-order chi connectivity index (χ0) is 32.0. The fourth-order valence-corrected chi connectivity index (χ4v) is 10.3. The molecule has 1 aliphatic rings. The summed E-state index contributed by atoms with van der Waals surface area (Å²) in [5, 5.41) is 2.20. The van der Waals surface area contributed by atoms with Gasteiger partial charge in [0.1, 0.15) is 28.1 Å². The molecule has 0 saturated carbocycles. The molecule has 1 aliphatic heterocycles. The van der Waals surface area contributed by atoms with E-state index in [1.165, 1.54) is 160 Å². The van der Waals surface area contributed by atoms with Gasteiger partial charge in [0, 0.05) is 11.8 Å². The lowest BCUT2D eigenvalue weighted by molar-refractivity contribution is 0.0397. The number of pyridine rings is 1. The Kier molecular flexibility index (Phi) is 14.8. The van der Waals surface area contributed by atoms with Crippen molar-refractivity contribution in [3.05, 3.63) is 33.7 Å². The number of halogens is 1. The van der Waals surface area contributed by atoms with Crippen molar-refractivity contribution in [2.24, 2.45) is 0 Å². The van der Waals surface area contributed by atoms with Gasteiger partial charge >= 0.3 is 0 Å². The number of thiophene rings is 2. The second-order valence-electron chi connectivity index (χ2n) is 13.3. The van der Waals surface area contributed by atoms with Crippen LogP contribution in [-0.2, 0) is 5.60 Å². The largest absolute Gasteiger partial charge is 0.481 e. The van der Waals surface area contributed by atoms with Crippen molar-refractivity contribution in [3.63, 3.8) is 0 Å². The minimum absolute atomic E-state index is 0.271. The molecule has 0 fully saturated rings. The molecular formula is C38H54BrN3OS3. The van der Waals surface area contributed by atoms with Crippen LogP contribution in [0.3, 0.4) is 0 Å². The van der Waals surface area contributed by atoms with E-state index < -0.39 is 0 Å². The third kappa shape index (κ3) is 9.41. The Morgan fingerprint density at radius 1 is 0.696 bits per heavy atom. The van der Waals surface area contributed by atoms with Gasteiger partial charge in [0.05, 0.1) is 30.8 Å². The first-order valence-electron chi connectivity index (χ1n) is 18.3. The van der Waals surface area contributed by atoms with Crippen LogP contribution < -0.4 is 4.74 Å². The van der Waals surface area contributed by atoms with Crippen molar-refractivity contribution in [1.82, 2.24) is 13.7 Å². The summed E-state index contributed by atoms with van der Waals surface area (Å²) in [5.41, 5.74) is 3.84. The molecule has 0 atom stereocenters. The highest BCUT2D eigenvalue weighted by atomic mass is 79.9. The van der Waals surface area contributed by atoms with Crippen molar-refractivity contribution in [2.75, 3.05) is 0 Å². The van der Waals surface area contributed by atoms with Gasteiger partial charge in [0.2, 0.25) is 0 Å². The Hall–Kier alpha value is -1.35. The van der Waals surface area contributed by atoms with E-state index in [-0.39, 0.29) is 5.60 Å². The maximum Gasteiger partial charge on any atom is 0.140 e. The molecule has 8 heteroatoms. The SMILES string of the molecule is CCCCCCCCCCCCC1(CCCCCCCCCCCC)Oc2ccsc2-c2sc(-c3ncc(Br)c4nsnc34)cc21. The molecule has 0 spiro atoms. The van der Waals surface area contributed by atoms with Gasteiger partial charge in [-0.1, -0.05) is 129 Å². The third-order valence-corrected chi connectivity index (χ3v) is 13.0. The van der Waals surface area contributed by atoms with Crippen LogP contribution in [0.15, 0.2) is 28.2 Å². The van der Waals surface area contributed by atoms with Crippen LogP contribution in [0, 0.1) is 0 Å². The first-order chi connectivity index (χ1) is 22.7. The predicted octanol–water partition coefficient (Wildman–Crippen LogP) is 14.5. The van der Waals surface area contributed by atoms with E-state index in [0.29, 0.717) is 0 Å². The summed E-state index contributed by atoms with van der Waals surface area (Å²) < 4.78 is 17.3. The van der Waals surface area contributed by atoms with Crippen molar-refractivity contribution in [2.45, 2.75) is 161 Å². The van der Waals surface area contributed by atoms with Crippen LogP contribution in [0.5, 0.6) is 5.75 Å². The molecule has 0 aliphatic carbocycles. The van der Waals surface area contributed by atoms with Gasteiger partial charge < -0.3 is 4.74 Å². The molecule has 252 valence electrons. The monoisotopic (exact) mass is 743 g/mol. The Balaban J connectivity index is 1.28. The molecule has 0 aromatic carbocycles. The number of ether oxygens (including phenoxy) is 1. The van der Waals surface area contributed by atoms with Gasteiger partial charge in [-0.25, -0.2) is 0 Å². The van der Waals surface area contributed by atoms with Crippen molar-refractivity contribution in [3.8, 4) is 26.1 Å².